The Labute approximate surface area is 142 Å². The van der Waals surface area contributed by atoms with Gasteiger partial charge in [-0.1, -0.05) is 57.3 Å². The predicted molar refractivity (Wildman–Crippen MR) is 89.4 cm³/mol. The number of nitrogens with one attached hydrogen (secondary N) is 1. The number of benzene rings is 2. The van der Waals surface area contributed by atoms with Crippen molar-refractivity contribution in [2.75, 3.05) is 0 Å². The van der Waals surface area contributed by atoms with Crippen molar-refractivity contribution in [2.45, 2.75) is 18.4 Å². The van der Waals surface area contributed by atoms with E-state index in [0.29, 0.717) is 10.6 Å². The highest BCUT2D eigenvalue weighted by Crippen LogP contribution is 2.28. The van der Waals surface area contributed by atoms with Gasteiger partial charge >= 0.3 is 0 Å². The Balaban J connectivity index is 2.27. The number of sulfonamides is 1. The lowest BCUT2D eigenvalue weighted by molar-refractivity contribution is 0.581. The lowest BCUT2D eigenvalue weighted by Gasteiger charge is -2.11. The first-order valence-electron chi connectivity index (χ1n) is 6.00. The quantitative estimate of drug-likeness (QED) is 0.806. The first-order valence-corrected chi connectivity index (χ1v) is 9.03. The fraction of sp³-hybridized carbons (Fsp3) is 0.143. The first-order chi connectivity index (χ1) is 9.81. The van der Waals surface area contributed by atoms with Crippen LogP contribution in [-0.2, 0) is 16.6 Å². The first kappa shape index (κ1) is 16.8. The molecule has 0 spiro atoms. The summed E-state index contributed by atoms with van der Waals surface area (Å²) >= 11 is 15.3. The lowest BCUT2D eigenvalue weighted by Crippen LogP contribution is -2.23. The van der Waals surface area contributed by atoms with E-state index in [9.17, 15) is 8.42 Å². The van der Waals surface area contributed by atoms with Crippen LogP contribution in [0.15, 0.2) is 45.8 Å². The highest BCUT2D eigenvalue weighted by molar-refractivity contribution is 9.10. The second-order valence-electron chi connectivity index (χ2n) is 4.45. The van der Waals surface area contributed by atoms with Crippen LogP contribution in [0.1, 0.15) is 11.1 Å². The maximum Gasteiger partial charge on any atom is 0.242 e. The van der Waals surface area contributed by atoms with Crippen molar-refractivity contribution in [3.8, 4) is 0 Å². The van der Waals surface area contributed by atoms with E-state index in [-0.39, 0.29) is 16.5 Å². The monoisotopic (exact) mass is 407 g/mol. The third-order valence-electron chi connectivity index (χ3n) is 2.91. The van der Waals surface area contributed by atoms with Gasteiger partial charge in [0.05, 0.1) is 5.02 Å². The van der Waals surface area contributed by atoms with E-state index in [1.165, 1.54) is 12.1 Å². The molecule has 0 unspecified atom stereocenters. The average molecular weight is 409 g/mol. The molecule has 0 bridgehead atoms. The summed E-state index contributed by atoms with van der Waals surface area (Å²) in [6.45, 7) is 1.90. The van der Waals surface area contributed by atoms with E-state index in [2.05, 4.69) is 20.7 Å². The summed E-state index contributed by atoms with van der Waals surface area (Å²) in [5, 5.41) is 0.537. The zero-order valence-electron chi connectivity index (χ0n) is 11.0. The zero-order valence-corrected chi connectivity index (χ0v) is 14.9. The van der Waals surface area contributed by atoms with Gasteiger partial charge in [0.15, 0.2) is 0 Å². The molecular weight excluding hydrogens is 397 g/mol. The molecule has 0 saturated heterocycles. The molecule has 0 aromatic heterocycles. The van der Waals surface area contributed by atoms with Crippen molar-refractivity contribution >= 4 is 49.2 Å². The van der Waals surface area contributed by atoms with Gasteiger partial charge in [-0.2, -0.15) is 0 Å². The third-order valence-corrected chi connectivity index (χ3v) is 5.96. The minimum absolute atomic E-state index is 0.0260. The molecule has 21 heavy (non-hydrogen) atoms. The Bertz CT molecular complexity index is 779. The SMILES string of the molecule is Cc1cc(S(=O)(=O)NCc2ccccc2Br)c(Cl)cc1Cl. The minimum Gasteiger partial charge on any atom is -0.207 e. The van der Waals surface area contributed by atoms with Crippen molar-refractivity contribution in [2.24, 2.45) is 0 Å². The summed E-state index contributed by atoms with van der Waals surface area (Å²) in [4.78, 5) is 0.0260. The summed E-state index contributed by atoms with van der Waals surface area (Å²) in [6.07, 6.45) is 0. The smallest absolute Gasteiger partial charge is 0.207 e. The molecular formula is C14H12BrCl2NO2S. The van der Waals surface area contributed by atoms with Crippen molar-refractivity contribution < 1.29 is 8.42 Å². The summed E-state index contributed by atoms with van der Waals surface area (Å²) in [7, 11) is -3.71. The zero-order chi connectivity index (χ0) is 15.6. The molecule has 0 amide bonds. The number of rotatable bonds is 4. The number of aryl methyl sites for hydroxylation is 1. The number of halogens is 3. The Morgan fingerprint density at radius 1 is 1.14 bits per heavy atom. The van der Waals surface area contributed by atoms with Crippen LogP contribution < -0.4 is 4.72 Å². The van der Waals surface area contributed by atoms with Crippen molar-refractivity contribution in [1.29, 1.82) is 0 Å². The molecule has 2 aromatic rings. The van der Waals surface area contributed by atoms with Gasteiger partial charge in [0.1, 0.15) is 4.90 Å². The van der Waals surface area contributed by atoms with Crippen LogP contribution in [0.25, 0.3) is 0 Å². The van der Waals surface area contributed by atoms with Crippen LogP contribution in [0.5, 0.6) is 0 Å². The molecule has 112 valence electrons. The Morgan fingerprint density at radius 3 is 2.48 bits per heavy atom. The lowest BCUT2D eigenvalue weighted by atomic mass is 10.2. The largest absolute Gasteiger partial charge is 0.242 e. The molecule has 0 heterocycles. The summed E-state index contributed by atoms with van der Waals surface area (Å²) in [5.74, 6) is 0. The van der Waals surface area contributed by atoms with E-state index >= 15 is 0 Å². The van der Waals surface area contributed by atoms with Gasteiger partial charge in [-0.15, -0.1) is 0 Å². The summed E-state index contributed by atoms with van der Waals surface area (Å²) in [6, 6.07) is 10.3. The van der Waals surface area contributed by atoms with E-state index in [1.807, 2.05) is 24.3 Å². The van der Waals surface area contributed by atoms with E-state index in [1.54, 1.807) is 6.92 Å². The van der Waals surface area contributed by atoms with Crippen LogP contribution in [0, 0.1) is 6.92 Å². The van der Waals surface area contributed by atoms with Crippen LogP contribution in [0.2, 0.25) is 10.0 Å². The van der Waals surface area contributed by atoms with Gasteiger partial charge in [0.2, 0.25) is 10.0 Å². The molecule has 0 aliphatic carbocycles. The summed E-state index contributed by atoms with van der Waals surface area (Å²) < 4.78 is 28.1. The van der Waals surface area contributed by atoms with Crippen molar-refractivity contribution in [3.63, 3.8) is 0 Å². The van der Waals surface area contributed by atoms with E-state index < -0.39 is 10.0 Å². The van der Waals surface area contributed by atoms with Crippen LogP contribution in [0.4, 0.5) is 0 Å². The van der Waals surface area contributed by atoms with Crippen molar-refractivity contribution in [3.05, 3.63) is 62.0 Å². The van der Waals surface area contributed by atoms with Crippen LogP contribution in [-0.4, -0.2) is 8.42 Å². The molecule has 0 radical (unpaired) electrons. The normalized spacial score (nSPS) is 11.6. The van der Waals surface area contributed by atoms with Gasteiger partial charge in [-0.05, 0) is 36.2 Å². The van der Waals surface area contributed by atoms with E-state index in [0.717, 1.165) is 10.0 Å². The maximum absolute atomic E-state index is 12.3. The standard InChI is InChI=1S/C14H12BrCl2NO2S/c1-9-6-14(13(17)7-12(9)16)21(19,20)18-8-10-4-2-3-5-11(10)15/h2-7,18H,8H2,1H3. The van der Waals surface area contributed by atoms with E-state index in [4.69, 9.17) is 23.2 Å². The number of hydrogen-bond acceptors (Lipinski definition) is 2. The Hall–Kier alpha value is -0.590. The Morgan fingerprint density at radius 2 is 1.81 bits per heavy atom. The molecule has 2 aromatic carbocycles. The van der Waals surface area contributed by atoms with Gasteiger partial charge in [-0.25, -0.2) is 13.1 Å². The molecule has 0 fully saturated rings. The summed E-state index contributed by atoms with van der Waals surface area (Å²) in [5.41, 5.74) is 1.49. The van der Waals surface area contributed by atoms with Crippen LogP contribution >= 0.6 is 39.1 Å². The minimum atomic E-state index is -3.71. The van der Waals surface area contributed by atoms with Crippen LogP contribution in [0.3, 0.4) is 0 Å². The highest BCUT2D eigenvalue weighted by Gasteiger charge is 2.19. The van der Waals surface area contributed by atoms with Gasteiger partial charge in [-0.3, -0.25) is 0 Å². The fourth-order valence-corrected chi connectivity index (χ4v) is 3.99. The molecule has 7 heteroatoms. The van der Waals surface area contributed by atoms with Gasteiger partial charge in [0, 0.05) is 16.0 Å². The second-order valence-corrected chi connectivity index (χ2v) is 7.85. The third kappa shape index (κ3) is 3.99. The van der Waals surface area contributed by atoms with Crippen molar-refractivity contribution in [1.82, 2.24) is 4.72 Å². The van der Waals surface area contributed by atoms with Gasteiger partial charge in [0.25, 0.3) is 0 Å². The van der Waals surface area contributed by atoms with Gasteiger partial charge < -0.3 is 0 Å². The number of hydrogen-bond donors (Lipinski definition) is 1. The fourth-order valence-electron chi connectivity index (χ4n) is 1.73. The maximum atomic E-state index is 12.3. The molecule has 0 aliphatic rings. The molecule has 3 nitrogen and oxygen atoms in total. The average Bonchev–Trinajstić information content (AvgIpc) is 2.42. The molecule has 0 aliphatic heterocycles. The second kappa shape index (κ2) is 6.67. The topological polar surface area (TPSA) is 46.2 Å². The molecule has 1 N–H and O–H groups in total. The predicted octanol–water partition coefficient (Wildman–Crippen LogP) is 4.54. The molecule has 0 saturated carbocycles. The Kier molecular flexibility index (Phi) is 5.33. The molecule has 0 atom stereocenters. The molecule has 2 rings (SSSR count). The highest BCUT2D eigenvalue weighted by atomic mass is 79.9.